The van der Waals surface area contributed by atoms with Gasteiger partial charge in [0, 0.05) is 25.2 Å². The van der Waals surface area contributed by atoms with Crippen molar-refractivity contribution in [3.05, 3.63) is 12.7 Å². The molecule has 5 heterocycles. The highest BCUT2D eigenvalue weighted by molar-refractivity contribution is 5.81. The summed E-state index contributed by atoms with van der Waals surface area (Å²) in [7, 11) is 0. The fourth-order valence-electron chi connectivity index (χ4n) is 4.60. The van der Waals surface area contributed by atoms with Gasteiger partial charge in [0.1, 0.15) is 18.1 Å². The molecule has 8 heteroatoms. The molecule has 0 aliphatic carbocycles. The molecule has 0 unspecified atom stereocenters. The van der Waals surface area contributed by atoms with Crippen molar-refractivity contribution in [2.45, 2.75) is 50.0 Å². The molecule has 0 aromatic carbocycles. The first-order valence-corrected chi connectivity index (χ1v) is 9.29. The smallest absolute Gasteiger partial charge is 0.167 e. The van der Waals surface area contributed by atoms with Gasteiger partial charge in [0.15, 0.2) is 11.5 Å². The van der Waals surface area contributed by atoms with E-state index in [2.05, 4.69) is 25.2 Å². The Morgan fingerprint density at radius 1 is 1.24 bits per heavy atom. The van der Waals surface area contributed by atoms with E-state index in [9.17, 15) is 0 Å². The summed E-state index contributed by atoms with van der Waals surface area (Å²) >= 11 is 0. The van der Waals surface area contributed by atoms with Crippen LogP contribution < -0.4 is 11.1 Å². The molecule has 3 aliphatic rings. The fourth-order valence-corrected chi connectivity index (χ4v) is 4.60. The normalized spacial score (nSPS) is 29.3. The lowest BCUT2D eigenvalue weighted by Crippen LogP contribution is -2.71. The first-order valence-electron chi connectivity index (χ1n) is 9.29. The molecule has 25 heavy (non-hydrogen) atoms. The second kappa shape index (κ2) is 5.89. The first-order chi connectivity index (χ1) is 12.3. The second-order valence-corrected chi connectivity index (χ2v) is 7.60. The highest BCUT2D eigenvalue weighted by atomic mass is 16.5. The van der Waals surface area contributed by atoms with Gasteiger partial charge in [0.2, 0.25) is 0 Å². The van der Waals surface area contributed by atoms with Gasteiger partial charge in [-0.25, -0.2) is 15.0 Å². The number of nitrogens with one attached hydrogen (secondary N) is 1. The van der Waals surface area contributed by atoms with Crippen LogP contribution in [0.4, 0.5) is 5.82 Å². The van der Waals surface area contributed by atoms with Gasteiger partial charge in [0.05, 0.1) is 12.4 Å². The molecule has 3 aliphatic heterocycles. The van der Waals surface area contributed by atoms with Crippen LogP contribution >= 0.6 is 0 Å². The summed E-state index contributed by atoms with van der Waals surface area (Å²) < 4.78 is 8.38. The standard InChI is InChI=1S/C17H25N7O/c18-15-14-16(21-10-20-15)24(11-22-14)13-4-3-12(25-13)7-23-6-2-1-5-17(23)8-19-9-17/h10-13,19H,1-9H2,(H2,18,20,21)/t12-,13+/m0/s1. The van der Waals surface area contributed by atoms with Crippen molar-refractivity contribution in [3.63, 3.8) is 0 Å². The monoisotopic (exact) mass is 343 g/mol. The molecular weight excluding hydrogens is 318 g/mol. The molecule has 3 N–H and O–H groups in total. The number of nitrogen functional groups attached to an aromatic ring is 1. The Morgan fingerprint density at radius 3 is 3.00 bits per heavy atom. The van der Waals surface area contributed by atoms with Gasteiger partial charge in [-0.15, -0.1) is 0 Å². The zero-order valence-corrected chi connectivity index (χ0v) is 14.4. The maximum atomic E-state index is 6.38. The number of rotatable bonds is 3. The van der Waals surface area contributed by atoms with Gasteiger partial charge in [-0.3, -0.25) is 9.47 Å². The molecule has 0 amide bonds. The summed E-state index contributed by atoms with van der Waals surface area (Å²) in [4.78, 5) is 15.4. The third-order valence-corrected chi connectivity index (χ3v) is 6.11. The Hall–Kier alpha value is -1.77. The van der Waals surface area contributed by atoms with Gasteiger partial charge in [-0.2, -0.15) is 0 Å². The predicted molar refractivity (Wildman–Crippen MR) is 93.9 cm³/mol. The van der Waals surface area contributed by atoms with E-state index in [1.807, 2.05) is 4.57 Å². The quantitative estimate of drug-likeness (QED) is 0.855. The highest BCUT2D eigenvalue weighted by Crippen LogP contribution is 2.35. The molecule has 8 nitrogen and oxygen atoms in total. The number of nitrogens with two attached hydrogens (primary N) is 1. The minimum Gasteiger partial charge on any atom is -0.382 e. The zero-order chi connectivity index (χ0) is 16.9. The lowest BCUT2D eigenvalue weighted by Gasteiger charge is -2.54. The predicted octanol–water partition coefficient (Wildman–Crippen LogP) is 0.914. The largest absolute Gasteiger partial charge is 0.382 e. The molecule has 134 valence electrons. The summed E-state index contributed by atoms with van der Waals surface area (Å²) in [5, 5.41) is 3.46. The number of ether oxygens (including phenoxy) is 1. The molecule has 1 spiro atoms. The summed E-state index contributed by atoms with van der Waals surface area (Å²) in [6, 6.07) is 0. The van der Waals surface area contributed by atoms with Crippen LogP contribution in [-0.4, -0.2) is 62.2 Å². The summed E-state index contributed by atoms with van der Waals surface area (Å²) in [6.45, 7) is 4.49. The SMILES string of the molecule is Nc1ncnc2c1ncn2[C@H]1CC[C@@H](CN2CCCCC23CNC3)O1. The molecule has 2 aromatic rings. The highest BCUT2D eigenvalue weighted by Gasteiger charge is 2.45. The number of fused-ring (bicyclic) bond motifs is 1. The van der Waals surface area contributed by atoms with Crippen LogP contribution in [0.25, 0.3) is 11.2 Å². The number of likely N-dealkylation sites (tertiary alicyclic amines) is 1. The number of anilines is 1. The van der Waals surface area contributed by atoms with Gasteiger partial charge >= 0.3 is 0 Å². The lowest BCUT2D eigenvalue weighted by atomic mass is 9.81. The minimum absolute atomic E-state index is 0.00967. The lowest BCUT2D eigenvalue weighted by molar-refractivity contribution is -0.0575. The van der Waals surface area contributed by atoms with Crippen LogP contribution in [-0.2, 0) is 4.74 Å². The first kappa shape index (κ1) is 15.5. The van der Waals surface area contributed by atoms with E-state index in [-0.39, 0.29) is 12.3 Å². The van der Waals surface area contributed by atoms with Crippen molar-refractivity contribution in [2.75, 3.05) is 31.9 Å². The van der Waals surface area contributed by atoms with Crippen LogP contribution in [0.1, 0.15) is 38.3 Å². The number of nitrogens with zero attached hydrogens (tertiary/aromatic N) is 5. The minimum atomic E-state index is -0.00967. The van der Waals surface area contributed by atoms with Gasteiger partial charge < -0.3 is 15.8 Å². The average molecular weight is 343 g/mol. The second-order valence-electron chi connectivity index (χ2n) is 7.60. The van der Waals surface area contributed by atoms with Crippen LogP contribution in [0.3, 0.4) is 0 Å². The molecule has 3 saturated heterocycles. The third kappa shape index (κ3) is 2.51. The fraction of sp³-hybridized carbons (Fsp3) is 0.706. The van der Waals surface area contributed by atoms with Crippen molar-refractivity contribution in [1.29, 1.82) is 0 Å². The average Bonchev–Trinajstić information content (AvgIpc) is 3.21. The van der Waals surface area contributed by atoms with E-state index < -0.39 is 0 Å². The Kier molecular flexibility index (Phi) is 3.65. The number of hydrogen-bond donors (Lipinski definition) is 2. The van der Waals surface area contributed by atoms with Crippen molar-refractivity contribution in [2.24, 2.45) is 0 Å². The topological polar surface area (TPSA) is 94.1 Å². The van der Waals surface area contributed by atoms with E-state index in [0.717, 1.165) is 38.1 Å². The summed E-state index contributed by atoms with van der Waals surface area (Å²) in [6.07, 6.45) is 9.57. The van der Waals surface area contributed by atoms with Gasteiger partial charge in [-0.1, -0.05) is 6.42 Å². The number of imidazole rings is 1. The molecule has 0 saturated carbocycles. The number of piperidine rings is 1. The Bertz CT molecular complexity index is 771. The van der Waals surface area contributed by atoms with Crippen LogP contribution in [0.2, 0.25) is 0 Å². The summed E-state index contributed by atoms with van der Waals surface area (Å²) in [5.74, 6) is 0.422. The van der Waals surface area contributed by atoms with Crippen molar-refractivity contribution < 1.29 is 4.74 Å². The molecule has 2 atom stereocenters. The summed E-state index contributed by atoms with van der Waals surface area (Å²) in [5.41, 5.74) is 7.70. The zero-order valence-electron chi connectivity index (χ0n) is 14.4. The molecule has 5 rings (SSSR count). The van der Waals surface area contributed by atoms with Gasteiger partial charge in [-0.05, 0) is 32.2 Å². The molecule has 3 fully saturated rings. The molecule has 2 aromatic heterocycles. The van der Waals surface area contributed by atoms with E-state index in [1.54, 1.807) is 6.33 Å². The van der Waals surface area contributed by atoms with Gasteiger partial charge in [0.25, 0.3) is 0 Å². The third-order valence-electron chi connectivity index (χ3n) is 6.11. The van der Waals surface area contributed by atoms with Crippen molar-refractivity contribution in [3.8, 4) is 0 Å². The number of aromatic nitrogens is 4. The van der Waals surface area contributed by atoms with Crippen LogP contribution in [0.15, 0.2) is 12.7 Å². The van der Waals surface area contributed by atoms with Crippen LogP contribution in [0.5, 0.6) is 0 Å². The Balaban J connectivity index is 1.30. The van der Waals surface area contributed by atoms with E-state index >= 15 is 0 Å². The maximum absolute atomic E-state index is 6.38. The molecule has 0 bridgehead atoms. The molecular formula is C17H25N7O. The maximum Gasteiger partial charge on any atom is 0.167 e. The van der Waals surface area contributed by atoms with Crippen molar-refractivity contribution >= 4 is 17.0 Å². The Morgan fingerprint density at radius 2 is 2.16 bits per heavy atom. The van der Waals surface area contributed by atoms with E-state index in [4.69, 9.17) is 10.5 Å². The Labute approximate surface area is 146 Å². The number of hydrogen-bond acceptors (Lipinski definition) is 7. The van der Waals surface area contributed by atoms with E-state index in [0.29, 0.717) is 16.9 Å². The van der Waals surface area contributed by atoms with E-state index in [1.165, 1.54) is 32.1 Å². The van der Waals surface area contributed by atoms with Crippen molar-refractivity contribution in [1.82, 2.24) is 29.7 Å². The van der Waals surface area contributed by atoms with Crippen LogP contribution in [0, 0.1) is 0 Å². The molecule has 0 radical (unpaired) electrons.